The number of unbranched alkanes of at least 4 members (excludes halogenated alkanes) is 1. The van der Waals surface area contributed by atoms with Crippen molar-refractivity contribution in [1.29, 1.82) is 0 Å². The van der Waals surface area contributed by atoms with Crippen molar-refractivity contribution in [2.24, 2.45) is 10.7 Å². The quantitative estimate of drug-likeness (QED) is 0.0168. The lowest BCUT2D eigenvalue weighted by Crippen LogP contribution is -2.63. The fourth-order valence-electron chi connectivity index (χ4n) is 9.91. The first-order valence-electron chi connectivity index (χ1n) is 30.1. The Balaban J connectivity index is 1.14. The average molecular weight is 1280 g/mol. The average Bonchev–Trinajstić information content (AvgIpc) is 1.26. The van der Waals surface area contributed by atoms with Gasteiger partial charge in [0.1, 0.15) is 42.0 Å². The van der Waals surface area contributed by atoms with Gasteiger partial charge in [0.05, 0.1) is 38.7 Å². The van der Waals surface area contributed by atoms with Gasteiger partial charge in [-0.25, -0.2) is 4.79 Å². The van der Waals surface area contributed by atoms with Gasteiger partial charge in [0.2, 0.25) is 23.6 Å². The number of carbonyl (C=O) groups is 9. The minimum absolute atomic E-state index is 0.0533. The summed E-state index contributed by atoms with van der Waals surface area (Å²) in [5, 5.41) is 89.8. The van der Waals surface area contributed by atoms with Crippen molar-refractivity contribution < 1.29 is 88.4 Å². The Morgan fingerprint density at radius 1 is 0.604 bits per heavy atom. The highest BCUT2D eigenvalue weighted by Gasteiger charge is 2.46. The first kappa shape index (κ1) is 73.2. The van der Waals surface area contributed by atoms with Gasteiger partial charge in [-0.3, -0.25) is 58.0 Å². The van der Waals surface area contributed by atoms with Crippen LogP contribution in [-0.4, -0.2) is 269 Å². The van der Waals surface area contributed by atoms with Gasteiger partial charge in [0.25, 0.3) is 5.91 Å². The number of aromatic hydroxyl groups is 1. The number of nitrogens with two attached hydrogens (primary N) is 1. The number of benzene rings is 3. The molecule has 2 fully saturated rings. The van der Waals surface area contributed by atoms with Gasteiger partial charge >= 0.3 is 23.9 Å². The lowest BCUT2D eigenvalue weighted by Gasteiger charge is -2.40. The monoisotopic (exact) mass is 1280 g/mol. The van der Waals surface area contributed by atoms with Gasteiger partial charge in [0, 0.05) is 98.0 Å². The van der Waals surface area contributed by atoms with E-state index < -0.39 is 96.6 Å². The molecule has 91 heavy (non-hydrogen) atoms. The van der Waals surface area contributed by atoms with Gasteiger partial charge in [-0.1, -0.05) is 61.5 Å². The number of phenolic OH excluding ortho intramolecular Hbond substituents is 1. The molecule has 6 unspecified atom stereocenters. The first-order valence-corrected chi connectivity index (χ1v) is 30.1. The molecule has 2 aliphatic heterocycles. The molecule has 5 rings (SSSR count). The number of aliphatic hydroxyl groups excluding tert-OH is 3. The molecular weight excluding hydrogens is 1190 g/mol. The fraction of sp³-hybridized carbons (Fsp3) is 0.533. The third-order valence-corrected chi connectivity index (χ3v) is 14.8. The van der Waals surface area contributed by atoms with Gasteiger partial charge in [0.15, 0.2) is 12.1 Å². The number of ether oxygens (including phenoxy) is 2. The van der Waals surface area contributed by atoms with E-state index in [2.05, 4.69) is 42.2 Å². The van der Waals surface area contributed by atoms with E-state index in [1.807, 2.05) is 0 Å². The third kappa shape index (κ3) is 26.8. The van der Waals surface area contributed by atoms with Crippen molar-refractivity contribution in [1.82, 2.24) is 56.8 Å². The molecule has 3 aromatic carbocycles. The zero-order valence-electron chi connectivity index (χ0n) is 51.0. The number of nitrogens with one attached hydrogen (secondary N) is 7. The van der Waals surface area contributed by atoms with Gasteiger partial charge in [-0.15, -0.1) is 0 Å². The summed E-state index contributed by atoms with van der Waals surface area (Å²) in [7, 11) is 0. The summed E-state index contributed by atoms with van der Waals surface area (Å²) in [5.41, 5.74) is 7.80. The number of hydrogen-bond acceptors (Lipinski definition) is 19. The lowest BCUT2D eigenvalue weighted by atomic mass is 9.90. The van der Waals surface area contributed by atoms with E-state index in [1.165, 1.54) is 12.1 Å². The maximum absolute atomic E-state index is 14.5. The molecule has 2 saturated heterocycles. The molecule has 0 spiro atoms. The molecule has 31 heteroatoms. The minimum atomic E-state index is -1.84. The highest BCUT2D eigenvalue weighted by molar-refractivity contribution is 5.93. The number of carboxylic acid groups (broad SMARTS) is 3. The van der Waals surface area contributed by atoms with Crippen molar-refractivity contribution in [3.63, 3.8) is 0 Å². The fourth-order valence-corrected chi connectivity index (χ4v) is 9.91. The number of guanidine groups is 1. The number of amides is 7. The Kier molecular flexibility index (Phi) is 31.3. The number of phenols is 1. The van der Waals surface area contributed by atoms with Crippen LogP contribution in [0.15, 0.2) is 83.9 Å². The molecule has 0 aliphatic carbocycles. The molecule has 16 N–H and O–H groups in total. The number of aliphatic imine (C=N–C) groups is 1. The molecule has 7 amide bonds. The lowest BCUT2D eigenvalue weighted by molar-refractivity contribution is -0.219. The summed E-state index contributed by atoms with van der Waals surface area (Å²) >= 11 is 0. The van der Waals surface area contributed by atoms with Crippen LogP contribution in [0.1, 0.15) is 61.6 Å². The highest BCUT2D eigenvalue weighted by atomic mass is 16.5. The molecule has 0 saturated carbocycles. The summed E-state index contributed by atoms with van der Waals surface area (Å²) in [4.78, 5) is 124. The molecule has 31 nitrogen and oxygen atoms in total. The number of nitrogens with zero attached hydrogens (tertiary/aromatic N) is 5. The van der Waals surface area contributed by atoms with E-state index in [0.29, 0.717) is 48.1 Å². The molecule has 500 valence electrons. The Bertz CT molecular complexity index is 2840. The third-order valence-electron chi connectivity index (χ3n) is 14.8. The second-order valence-corrected chi connectivity index (χ2v) is 21.9. The van der Waals surface area contributed by atoms with E-state index >= 15 is 0 Å². The standard InChI is InChI=1S/C60H87N13O18/c1-2-46(75)62-21-22-65-60(89)69-59(61)64-20-9-14-44(56(86)67-33-39-15-17-42(74)18-16-39)68-57(87)51(40-10-4-3-5-11-40)41-12-8-13-43(32-41)90-31-7-6-19-63-58(88)55-54(85)53(84)52(83)45(91-55)34-66-47(76)35-70-23-25-71(36-48(77)78)27-29-73(38-50(81)82)30-28-72(26-24-70)37-49(79)80/h3-5,8,10-13,15-18,32,44-45,51-55,74,83-85H,2,6-7,9,14,19-31,33-38H2,1H3,(H,62,75)(H,63,88)(H,66,76)(H,67,86)(H,68,87)(H,77,78)(H,79,80)(H,81,82)(H4,61,64,65,69,89)/t44-,45?,51?,52?,53?,54?,55?/m1/s1. The first-order chi connectivity index (χ1) is 43.6. The number of hydrogen-bond donors (Lipinski definition) is 15. The van der Waals surface area contributed by atoms with E-state index in [0.717, 1.165) is 0 Å². The van der Waals surface area contributed by atoms with Crippen LogP contribution in [-0.2, 0) is 49.6 Å². The van der Waals surface area contributed by atoms with Crippen molar-refractivity contribution >= 4 is 59.4 Å². The number of aliphatic hydroxyl groups is 3. The van der Waals surface area contributed by atoms with Gasteiger partial charge < -0.3 is 88.2 Å². The van der Waals surface area contributed by atoms with Crippen LogP contribution >= 0.6 is 0 Å². The molecular formula is C60H87N13O18. The minimum Gasteiger partial charge on any atom is -0.508 e. The second kappa shape index (κ2) is 38.9. The Morgan fingerprint density at radius 2 is 1.18 bits per heavy atom. The summed E-state index contributed by atoms with van der Waals surface area (Å²) in [5.74, 6) is -6.47. The SMILES string of the molecule is CCC(=O)NCCNC(=O)/N=C(/N)NCCC[C@@H](NC(=O)C(c1ccccc1)c1cccc(OCCCCNC(=O)C2OC(CNC(=O)CN3CCN(CC(=O)O)CCN(CC(=O)O)CCN(CC(=O)O)CC3)C(O)C(O)C2O)c1)C(=O)NCc1ccc(O)cc1. The Labute approximate surface area is 526 Å². The van der Waals surface area contributed by atoms with Crippen LogP contribution in [0.2, 0.25) is 0 Å². The zero-order valence-corrected chi connectivity index (χ0v) is 51.0. The van der Waals surface area contributed by atoms with Crippen LogP contribution in [0, 0.1) is 0 Å². The van der Waals surface area contributed by atoms with Gasteiger partial charge in [-0.05, 0) is 66.6 Å². The highest BCUT2D eigenvalue weighted by Crippen LogP contribution is 2.29. The predicted octanol–water partition coefficient (Wildman–Crippen LogP) is -3.04. The number of carboxylic acids is 3. The summed E-state index contributed by atoms with van der Waals surface area (Å²) < 4.78 is 11.9. The van der Waals surface area contributed by atoms with Crippen LogP contribution < -0.4 is 47.7 Å². The molecule has 3 aromatic rings. The largest absolute Gasteiger partial charge is 0.508 e. The van der Waals surface area contributed by atoms with Crippen LogP contribution in [0.3, 0.4) is 0 Å². The molecule has 0 aromatic heterocycles. The van der Waals surface area contributed by atoms with E-state index in [9.17, 15) is 78.9 Å². The molecule has 2 aliphatic rings. The van der Waals surface area contributed by atoms with Crippen molar-refractivity contribution in [2.75, 3.05) is 118 Å². The van der Waals surface area contributed by atoms with Gasteiger partial charge in [-0.2, -0.15) is 4.99 Å². The second-order valence-electron chi connectivity index (χ2n) is 21.9. The Hall–Kier alpha value is -8.56. The normalized spacial score (nSPS) is 19.6. The topological polar surface area (TPSA) is 449 Å². The molecule has 2 heterocycles. The maximum Gasteiger partial charge on any atom is 0.344 e. The summed E-state index contributed by atoms with van der Waals surface area (Å²) in [6.45, 7) is 2.26. The number of aliphatic carboxylic acids is 3. The van der Waals surface area contributed by atoms with E-state index in [-0.39, 0.29) is 142 Å². The van der Waals surface area contributed by atoms with Crippen LogP contribution in [0.5, 0.6) is 11.5 Å². The maximum atomic E-state index is 14.5. The van der Waals surface area contributed by atoms with Crippen molar-refractivity contribution in [3.05, 3.63) is 95.6 Å². The molecule has 0 radical (unpaired) electrons. The van der Waals surface area contributed by atoms with Crippen LogP contribution in [0.25, 0.3) is 0 Å². The number of rotatable bonds is 32. The summed E-state index contributed by atoms with van der Waals surface area (Å²) in [6.07, 6.45) is -6.88. The van der Waals surface area contributed by atoms with Crippen molar-refractivity contribution in [2.45, 2.75) is 88.1 Å². The molecule has 0 bridgehead atoms. The van der Waals surface area contributed by atoms with Crippen molar-refractivity contribution in [3.8, 4) is 11.5 Å². The smallest absolute Gasteiger partial charge is 0.344 e. The Morgan fingerprint density at radius 3 is 1.77 bits per heavy atom. The zero-order chi connectivity index (χ0) is 66.2. The summed E-state index contributed by atoms with van der Waals surface area (Å²) in [6, 6.07) is 20.3. The van der Waals surface area contributed by atoms with E-state index in [1.54, 1.807) is 93.3 Å². The number of carbonyl (C=O) groups excluding carboxylic acids is 6. The molecule has 7 atom stereocenters. The van der Waals surface area contributed by atoms with E-state index in [4.69, 9.17) is 15.2 Å². The number of urea groups is 1. The predicted molar refractivity (Wildman–Crippen MR) is 328 cm³/mol. The van der Waals surface area contributed by atoms with Crippen LogP contribution in [0.4, 0.5) is 4.79 Å².